The molecule has 1 unspecified atom stereocenters. The van der Waals surface area contributed by atoms with Crippen molar-refractivity contribution in [2.45, 2.75) is 59.4 Å². The van der Waals surface area contributed by atoms with Crippen LogP contribution in [0.15, 0.2) is 0 Å². The van der Waals surface area contributed by atoms with Gasteiger partial charge in [0.1, 0.15) is 0 Å². The van der Waals surface area contributed by atoms with Crippen LogP contribution in [0.4, 0.5) is 0 Å². The lowest BCUT2D eigenvalue weighted by Gasteiger charge is -2.42. The highest BCUT2D eigenvalue weighted by Gasteiger charge is 2.33. The summed E-state index contributed by atoms with van der Waals surface area (Å²) in [5, 5.41) is 3.46. The van der Waals surface area contributed by atoms with Gasteiger partial charge >= 0.3 is 0 Å². The van der Waals surface area contributed by atoms with E-state index in [1.807, 2.05) is 27.7 Å². The van der Waals surface area contributed by atoms with E-state index in [0.717, 1.165) is 6.61 Å². The summed E-state index contributed by atoms with van der Waals surface area (Å²) in [6.45, 7) is 12.3. The van der Waals surface area contributed by atoms with Gasteiger partial charge in [0.25, 0.3) is 0 Å². The molecule has 0 bridgehead atoms. The van der Waals surface area contributed by atoms with Crippen LogP contribution in [0.2, 0.25) is 0 Å². The van der Waals surface area contributed by atoms with Crippen molar-refractivity contribution in [3.63, 3.8) is 0 Å². The molecule has 1 aliphatic rings. The molecule has 1 atom stereocenters. The molecule has 1 aliphatic heterocycles. The average Bonchev–Trinajstić information content (AvgIpc) is 2.23. The largest absolute Gasteiger partial charge is 0.385 e. The minimum Gasteiger partial charge on any atom is -0.385 e. The highest BCUT2D eigenvalue weighted by molar-refractivity contribution is 4.94. The fourth-order valence-corrected chi connectivity index (χ4v) is 1.47. The van der Waals surface area contributed by atoms with Crippen LogP contribution in [-0.4, -0.2) is 25.8 Å². The highest BCUT2D eigenvalue weighted by atomic mass is 16.5. The SMILES string of the molecule is CC.CC.CCC1(CCOC)CCN1. The lowest BCUT2D eigenvalue weighted by molar-refractivity contribution is 0.113. The Balaban J connectivity index is 0. The summed E-state index contributed by atoms with van der Waals surface area (Å²) in [7, 11) is 1.77. The summed E-state index contributed by atoms with van der Waals surface area (Å²) >= 11 is 0. The molecule has 0 spiro atoms. The zero-order chi connectivity index (χ0) is 11.4. The number of nitrogens with one attached hydrogen (secondary N) is 1. The monoisotopic (exact) mass is 203 g/mol. The Bertz CT molecular complexity index is 95.0. The van der Waals surface area contributed by atoms with Crippen LogP contribution in [-0.2, 0) is 4.74 Å². The van der Waals surface area contributed by atoms with Crippen molar-refractivity contribution >= 4 is 0 Å². The molecule has 1 saturated heterocycles. The van der Waals surface area contributed by atoms with Crippen molar-refractivity contribution in [2.75, 3.05) is 20.3 Å². The number of hydrogen-bond acceptors (Lipinski definition) is 2. The highest BCUT2D eigenvalue weighted by Crippen LogP contribution is 2.26. The molecule has 14 heavy (non-hydrogen) atoms. The first-order valence-electron chi connectivity index (χ1n) is 6.07. The van der Waals surface area contributed by atoms with Crippen molar-refractivity contribution in [2.24, 2.45) is 0 Å². The predicted octanol–water partition coefficient (Wildman–Crippen LogP) is 3.22. The van der Waals surface area contributed by atoms with E-state index in [9.17, 15) is 0 Å². The second-order valence-corrected chi connectivity index (χ2v) is 3.05. The lowest BCUT2D eigenvalue weighted by Crippen LogP contribution is -2.56. The van der Waals surface area contributed by atoms with E-state index in [1.54, 1.807) is 7.11 Å². The zero-order valence-corrected chi connectivity index (χ0v) is 10.9. The van der Waals surface area contributed by atoms with Gasteiger partial charge < -0.3 is 10.1 Å². The first-order chi connectivity index (χ1) is 6.83. The Morgan fingerprint density at radius 3 is 1.93 bits per heavy atom. The van der Waals surface area contributed by atoms with E-state index in [0.29, 0.717) is 5.54 Å². The molecular formula is C12H29NO. The molecule has 0 radical (unpaired) electrons. The molecule has 88 valence electrons. The maximum Gasteiger partial charge on any atom is 0.0479 e. The number of methoxy groups -OCH3 is 1. The number of ether oxygens (including phenoxy) is 1. The summed E-state index contributed by atoms with van der Waals surface area (Å²) in [5.74, 6) is 0. The standard InChI is InChI=1S/C8H17NO.2C2H6/c1-3-8(4-6-9-8)5-7-10-2;2*1-2/h9H,3-7H2,1-2H3;2*1-2H3. The van der Waals surface area contributed by atoms with E-state index in [2.05, 4.69) is 12.2 Å². The molecule has 1 rings (SSSR count). The summed E-state index contributed by atoms with van der Waals surface area (Å²) in [6, 6.07) is 0. The number of hydrogen-bond donors (Lipinski definition) is 1. The van der Waals surface area contributed by atoms with Crippen molar-refractivity contribution in [1.82, 2.24) is 5.32 Å². The van der Waals surface area contributed by atoms with Crippen molar-refractivity contribution < 1.29 is 4.74 Å². The van der Waals surface area contributed by atoms with Gasteiger partial charge in [-0.25, -0.2) is 0 Å². The third-order valence-electron chi connectivity index (χ3n) is 2.57. The Labute approximate surface area is 90.4 Å². The fraction of sp³-hybridized carbons (Fsp3) is 1.00. The topological polar surface area (TPSA) is 21.3 Å². The third kappa shape index (κ3) is 5.61. The summed E-state index contributed by atoms with van der Waals surface area (Å²) in [6.07, 6.45) is 3.73. The Kier molecular flexibility index (Phi) is 12.8. The van der Waals surface area contributed by atoms with Crippen LogP contribution >= 0.6 is 0 Å². The normalized spacial score (nSPS) is 23.6. The second kappa shape index (κ2) is 11.0. The molecule has 0 amide bonds. The van der Waals surface area contributed by atoms with E-state index in [4.69, 9.17) is 4.74 Å². The van der Waals surface area contributed by atoms with Crippen molar-refractivity contribution in [3.05, 3.63) is 0 Å². The summed E-state index contributed by atoms with van der Waals surface area (Å²) in [5.41, 5.74) is 0.440. The minimum atomic E-state index is 0.440. The van der Waals surface area contributed by atoms with Crippen LogP contribution in [0.5, 0.6) is 0 Å². The predicted molar refractivity (Wildman–Crippen MR) is 64.8 cm³/mol. The molecule has 0 aromatic heterocycles. The van der Waals surface area contributed by atoms with Gasteiger partial charge in [-0.2, -0.15) is 0 Å². The van der Waals surface area contributed by atoms with Gasteiger partial charge in [-0.1, -0.05) is 34.6 Å². The summed E-state index contributed by atoms with van der Waals surface area (Å²) < 4.78 is 5.04. The lowest BCUT2D eigenvalue weighted by atomic mass is 9.82. The van der Waals surface area contributed by atoms with Crippen LogP contribution in [0, 0.1) is 0 Å². The quantitative estimate of drug-likeness (QED) is 0.757. The second-order valence-electron chi connectivity index (χ2n) is 3.05. The molecule has 0 aliphatic carbocycles. The van der Waals surface area contributed by atoms with Crippen LogP contribution in [0.25, 0.3) is 0 Å². The Morgan fingerprint density at radius 2 is 1.71 bits per heavy atom. The first-order valence-corrected chi connectivity index (χ1v) is 6.07. The van der Waals surface area contributed by atoms with Gasteiger partial charge in [-0.05, 0) is 25.8 Å². The minimum absolute atomic E-state index is 0.440. The van der Waals surface area contributed by atoms with Crippen molar-refractivity contribution in [3.8, 4) is 0 Å². The molecule has 1 heterocycles. The van der Waals surface area contributed by atoms with Crippen LogP contribution in [0.3, 0.4) is 0 Å². The molecule has 2 heteroatoms. The van der Waals surface area contributed by atoms with E-state index >= 15 is 0 Å². The molecule has 0 saturated carbocycles. The molecular weight excluding hydrogens is 174 g/mol. The summed E-state index contributed by atoms with van der Waals surface area (Å²) in [4.78, 5) is 0. The van der Waals surface area contributed by atoms with E-state index in [-0.39, 0.29) is 0 Å². The zero-order valence-electron chi connectivity index (χ0n) is 10.9. The Hall–Kier alpha value is -0.0800. The first kappa shape index (κ1) is 16.4. The molecule has 1 fully saturated rings. The average molecular weight is 203 g/mol. The van der Waals surface area contributed by atoms with E-state index in [1.165, 1.54) is 25.8 Å². The molecule has 0 aromatic rings. The maximum atomic E-state index is 5.04. The number of rotatable bonds is 4. The van der Waals surface area contributed by atoms with Gasteiger partial charge in [0.2, 0.25) is 0 Å². The van der Waals surface area contributed by atoms with Gasteiger partial charge in [-0.15, -0.1) is 0 Å². The Morgan fingerprint density at radius 1 is 1.21 bits per heavy atom. The maximum absolute atomic E-state index is 5.04. The van der Waals surface area contributed by atoms with Gasteiger partial charge in [-0.3, -0.25) is 0 Å². The van der Waals surface area contributed by atoms with Gasteiger partial charge in [0, 0.05) is 19.3 Å². The van der Waals surface area contributed by atoms with Gasteiger partial charge in [0.05, 0.1) is 0 Å². The van der Waals surface area contributed by atoms with Crippen LogP contribution < -0.4 is 5.32 Å². The molecule has 1 N–H and O–H groups in total. The molecule has 2 nitrogen and oxygen atoms in total. The fourth-order valence-electron chi connectivity index (χ4n) is 1.47. The van der Waals surface area contributed by atoms with Crippen molar-refractivity contribution in [1.29, 1.82) is 0 Å². The van der Waals surface area contributed by atoms with Crippen LogP contribution in [0.1, 0.15) is 53.9 Å². The molecule has 0 aromatic carbocycles. The smallest absolute Gasteiger partial charge is 0.0479 e. The third-order valence-corrected chi connectivity index (χ3v) is 2.57. The van der Waals surface area contributed by atoms with Gasteiger partial charge in [0.15, 0.2) is 0 Å². The van der Waals surface area contributed by atoms with E-state index < -0.39 is 0 Å².